The molecule has 0 amide bonds. The van der Waals surface area contributed by atoms with Crippen LogP contribution in [0.25, 0.3) is 11.3 Å². The van der Waals surface area contributed by atoms with Crippen LogP contribution in [0.2, 0.25) is 0 Å². The molecule has 6 nitrogen and oxygen atoms in total. The third-order valence-corrected chi connectivity index (χ3v) is 3.78. The molecular weight excluding hydrogens is 346 g/mol. The van der Waals surface area contributed by atoms with Gasteiger partial charge in [-0.15, -0.1) is 0 Å². The van der Waals surface area contributed by atoms with Crippen molar-refractivity contribution >= 4 is 12.1 Å². The monoisotopic (exact) mass is 373 g/mol. The van der Waals surface area contributed by atoms with Gasteiger partial charge in [0.25, 0.3) is 0 Å². The molecule has 0 aliphatic carbocycles. The van der Waals surface area contributed by atoms with E-state index >= 15 is 0 Å². The minimum Gasteiger partial charge on any atom is -0.497 e. The number of methoxy groups -OCH3 is 1. The molecule has 146 valence electrons. The highest BCUT2D eigenvalue weighted by Crippen LogP contribution is 2.26. The number of benzene rings is 1. The van der Waals surface area contributed by atoms with Gasteiger partial charge < -0.3 is 14.2 Å². The van der Waals surface area contributed by atoms with Gasteiger partial charge in [0.1, 0.15) is 11.4 Å². The Morgan fingerprint density at radius 3 is 2.33 bits per heavy atom. The lowest BCUT2D eigenvalue weighted by Gasteiger charge is -2.20. The van der Waals surface area contributed by atoms with E-state index in [0.29, 0.717) is 18.7 Å². The second kappa shape index (κ2) is 8.75. The molecule has 1 heterocycles. The first kappa shape index (κ1) is 20.6. The minimum absolute atomic E-state index is 0.256. The fourth-order valence-electron chi connectivity index (χ4n) is 2.58. The Kier molecular flexibility index (Phi) is 6.66. The maximum atomic E-state index is 12.7. The van der Waals surface area contributed by atoms with Crippen molar-refractivity contribution in [2.75, 3.05) is 13.7 Å². The van der Waals surface area contributed by atoms with Gasteiger partial charge in [-0.25, -0.2) is 4.79 Å². The molecule has 0 saturated carbocycles. The molecule has 0 saturated heterocycles. The van der Waals surface area contributed by atoms with Gasteiger partial charge in [-0.1, -0.05) is 0 Å². The number of esters is 1. The molecule has 0 fully saturated rings. The molecule has 1 aromatic heterocycles. The van der Waals surface area contributed by atoms with Crippen LogP contribution in [0.4, 0.5) is 4.79 Å². The van der Waals surface area contributed by atoms with Crippen LogP contribution in [0.15, 0.2) is 36.5 Å². The van der Waals surface area contributed by atoms with Crippen molar-refractivity contribution in [1.29, 1.82) is 0 Å². The summed E-state index contributed by atoms with van der Waals surface area (Å²) in [6, 6.07) is 9.32. The molecule has 0 atom stereocenters. The largest absolute Gasteiger partial charge is 0.497 e. The summed E-state index contributed by atoms with van der Waals surface area (Å²) in [5.41, 5.74) is 1.80. The topological polar surface area (TPSA) is 66.8 Å². The highest BCUT2D eigenvalue weighted by molar-refractivity contribution is 5.79. The highest BCUT2D eigenvalue weighted by Gasteiger charge is 2.21. The van der Waals surface area contributed by atoms with Gasteiger partial charge in [-0.05, 0) is 75.6 Å². The zero-order chi connectivity index (χ0) is 20.0. The summed E-state index contributed by atoms with van der Waals surface area (Å²) in [6.07, 6.45) is 1.99. The summed E-state index contributed by atoms with van der Waals surface area (Å²) >= 11 is 0. The Labute approximate surface area is 160 Å². The predicted octanol–water partition coefficient (Wildman–Crippen LogP) is 4.44. The maximum absolute atomic E-state index is 12.7. The summed E-state index contributed by atoms with van der Waals surface area (Å²) in [6.45, 7) is 7.60. The van der Waals surface area contributed by atoms with E-state index < -0.39 is 11.7 Å². The lowest BCUT2D eigenvalue weighted by atomic mass is 10.1. The summed E-state index contributed by atoms with van der Waals surface area (Å²) in [5.74, 6) is 0.477. The van der Waals surface area contributed by atoms with Crippen LogP contribution in [-0.2, 0) is 20.7 Å². The number of aryl methyl sites for hydroxylation is 1. The van der Waals surface area contributed by atoms with Crippen molar-refractivity contribution in [2.45, 2.75) is 46.1 Å². The zero-order valence-electron chi connectivity index (χ0n) is 16.6. The molecule has 6 heteroatoms. The van der Waals surface area contributed by atoms with Crippen molar-refractivity contribution in [3.8, 4) is 17.0 Å². The van der Waals surface area contributed by atoms with Crippen LogP contribution in [0.5, 0.6) is 5.75 Å². The Morgan fingerprint density at radius 1 is 1.11 bits per heavy atom. The van der Waals surface area contributed by atoms with Crippen molar-refractivity contribution in [2.24, 2.45) is 0 Å². The molecule has 0 aliphatic heterocycles. The van der Waals surface area contributed by atoms with Gasteiger partial charge >= 0.3 is 12.1 Å². The number of aromatic nitrogens is 1. The van der Waals surface area contributed by atoms with E-state index in [2.05, 4.69) is 0 Å². The van der Waals surface area contributed by atoms with Crippen molar-refractivity contribution in [1.82, 2.24) is 4.57 Å². The smallest absolute Gasteiger partial charge is 0.418 e. The van der Waals surface area contributed by atoms with Gasteiger partial charge in [0, 0.05) is 12.6 Å². The Morgan fingerprint density at radius 2 is 1.78 bits per heavy atom. The lowest BCUT2D eigenvalue weighted by Crippen LogP contribution is -2.27. The van der Waals surface area contributed by atoms with E-state index in [1.807, 2.05) is 51.1 Å². The molecule has 0 bridgehead atoms. The number of ether oxygens (including phenoxy) is 3. The van der Waals surface area contributed by atoms with Crippen molar-refractivity contribution < 1.29 is 23.8 Å². The summed E-state index contributed by atoms with van der Waals surface area (Å²) in [4.78, 5) is 24.3. The highest BCUT2D eigenvalue weighted by atomic mass is 16.6. The molecule has 0 radical (unpaired) electrons. The Hall–Kier alpha value is -2.76. The Bertz CT molecular complexity index is 784. The van der Waals surface area contributed by atoms with Gasteiger partial charge in [-0.3, -0.25) is 9.36 Å². The molecule has 0 aliphatic rings. The number of carbonyl (C=O) groups is 2. The lowest BCUT2D eigenvalue weighted by molar-refractivity contribution is -0.143. The predicted molar refractivity (Wildman–Crippen MR) is 103 cm³/mol. The third-order valence-electron chi connectivity index (χ3n) is 3.78. The fraction of sp³-hybridized carbons (Fsp3) is 0.429. The van der Waals surface area contributed by atoms with Crippen LogP contribution in [-0.4, -0.2) is 35.9 Å². The van der Waals surface area contributed by atoms with E-state index in [4.69, 9.17) is 14.2 Å². The standard InChI is InChI=1S/C21H27NO5/c1-6-26-19(23)12-7-15-13-18(16-8-10-17(25-5)11-9-16)22(14-15)20(24)27-21(2,3)4/h8-11,13-14H,6-7,12H2,1-5H3. The maximum Gasteiger partial charge on any atom is 0.418 e. The first-order valence-corrected chi connectivity index (χ1v) is 8.98. The van der Waals surface area contributed by atoms with Crippen LogP contribution >= 0.6 is 0 Å². The third kappa shape index (κ3) is 5.88. The van der Waals surface area contributed by atoms with Gasteiger partial charge in [0.15, 0.2) is 0 Å². The summed E-state index contributed by atoms with van der Waals surface area (Å²) < 4.78 is 17.2. The van der Waals surface area contributed by atoms with Crippen LogP contribution in [0.1, 0.15) is 39.7 Å². The zero-order valence-corrected chi connectivity index (χ0v) is 16.6. The normalized spacial score (nSPS) is 11.1. The number of rotatable bonds is 6. The molecule has 0 N–H and O–H groups in total. The second-order valence-electron chi connectivity index (χ2n) is 7.12. The van der Waals surface area contributed by atoms with E-state index in [1.165, 1.54) is 4.57 Å². The summed E-state index contributed by atoms with van der Waals surface area (Å²) in [7, 11) is 1.60. The molecular formula is C21H27NO5. The quantitative estimate of drug-likeness (QED) is 0.700. The molecule has 2 rings (SSSR count). The van der Waals surface area contributed by atoms with E-state index in [9.17, 15) is 9.59 Å². The van der Waals surface area contributed by atoms with Crippen LogP contribution in [0.3, 0.4) is 0 Å². The molecule has 27 heavy (non-hydrogen) atoms. The first-order valence-electron chi connectivity index (χ1n) is 8.98. The van der Waals surface area contributed by atoms with Crippen LogP contribution < -0.4 is 4.74 Å². The number of carbonyl (C=O) groups excluding carboxylic acids is 2. The average molecular weight is 373 g/mol. The minimum atomic E-state index is -0.608. The van der Waals surface area contributed by atoms with Crippen molar-refractivity contribution in [3.05, 3.63) is 42.1 Å². The van der Waals surface area contributed by atoms with E-state index in [1.54, 1.807) is 20.2 Å². The SMILES string of the molecule is CCOC(=O)CCc1cc(-c2ccc(OC)cc2)n(C(=O)OC(C)(C)C)c1. The van der Waals surface area contributed by atoms with Gasteiger partial charge in [-0.2, -0.15) is 0 Å². The van der Waals surface area contributed by atoms with E-state index in [0.717, 1.165) is 16.9 Å². The number of hydrogen-bond donors (Lipinski definition) is 0. The molecule has 0 spiro atoms. The number of hydrogen-bond acceptors (Lipinski definition) is 5. The summed E-state index contributed by atoms with van der Waals surface area (Å²) in [5, 5.41) is 0. The van der Waals surface area contributed by atoms with E-state index in [-0.39, 0.29) is 12.4 Å². The fourth-order valence-corrected chi connectivity index (χ4v) is 2.58. The first-order chi connectivity index (χ1) is 12.7. The van der Waals surface area contributed by atoms with Gasteiger partial charge in [0.05, 0.1) is 19.4 Å². The number of nitrogens with zero attached hydrogens (tertiary/aromatic N) is 1. The molecule has 2 aromatic rings. The van der Waals surface area contributed by atoms with Crippen LogP contribution in [0, 0.1) is 0 Å². The van der Waals surface area contributed by atoms with Gasteiger partial charge in [0.2, 0.25) is 0 Å². The molecule has 1 aromatic carbocycles. The second-order valence-corrected chi connectivity index (χ2v) is 7.12. The van der Waals surface area contributed by atoms with Crippen molar-refractivity contribution in [3.63, 3.8) is 0 Å². The molecule has 0 unspecified atom stereocenters. The average Bonchev–Trinajstić information content (AvgIpc) is 3.03. The Balaban J connectivity index is 2.33.